The lowest BCUT2D eigenvalue weighted by atomic mass is 10.2. The summed E-state index contributed by atoms with van der Waals surface area (Å²) in [6.45, 7) is 0. The Bertz CT molecular complexity index is 796. The summed E-state index contributed by atoms with van der Waals surface area (Å²) in [4.78, 5) is 18.0. The Hall–Kier alpha value is -2.06. The minimum Gasteiger partial charge on any atom is -0.478 e. The van der Waals surface area contributed by atoms with E-state index in [0.717, 1.165) is 6.07 Å². The fraction of sp³-hybridized carbons (Fsp3) is 0.0833. The SMILES string of the molecule is O=C(O)c1cc(S(=O)(=O)Cc2ncccn2)cc(F)c1Cl. The van der Waals surface area contributed by atoms with Crippen LogP contribution in [0.1, 0.15) is 16.2 Å². The summed E-state index contributed by atoms with van der Waals surface area (Å²) in [5.74, 6) is -3.20. The molecule has 0 amide bonds. The molecular weight excluding hydrogens is 323 g/mol. The molecule has 1 heterocycles. The second-order valence-corrected chi connectivity index (χ2v) is 6.36. The van der Waals surface area contributed by atoms with Gasteiger partial charge in [0.05, 0.1) is 15.5 Å². The maximum atomic E-state index is 13.6. The van der Waals surface area contributed by atoms with Gasteiger partial charge in [-0.2, -0.15) is 0 Å². The predicted octanol–water partition coefficient (Wildman–Crippen LogP) is 1.94. The maximum Gasteiger partial charge on any atom is 0.337 e. The average molecular weight is 331 g/mol. The van der Waals surface area contributed by atoms with E-state index in [1.807, 2.05) is 0 Å². The van der Waals surface area contributed by atoms with Gasteiger partial charge in [-0.05, 0) is 18.2 Å². The number of sulfone groups is 1. The van der Waals surface area contributed by atoms with Crippen LogP contribution in [-0.4, -0.2) is 29.5 Å². The Morgan fingerprint density at radius 1 is 1.29 bits per heavy atom. The van der Waals surface area contributed by atoms with Crippen molar-refractivity contribution in [1.29, 1.82) is 0 Å². The lowest BCUT2D eigenvalue weighted by Gasteiger charge is -2.07. The third-order valence-electron chi connectivity index (χ3n) is 2.53. The van der Waals surface area contributed by atoms with E-state index in [9.17, 15) is 17.6 Å². The molecule has 0 aliphatic carbocycles. The van der Waals surface area contributed by atoms with E-state index < -0.39 is 42.9 Å². The van der Waals surface area contributed by atoms with Crippen LogP contribution < -0.4 is 0 Å². The third-order valence-corrected chi connectivity index (χ3v) is 4.51. The highest BCUT2D eigenvalue weighted by atomic mass is 35.5. The summed E-state index contributed by atoms with van der Waals surface area (Å²) in [5, 5.41) is 8.26. The zero-order valence-electron chi connectivity index (χ0n) is 10.3. The lowest BCUT2D eigenvalue weighted by molar-refractivity contribution is 0.0696. The van der Waals surface area contributed by atoms with Crippen LogP contribution in [0, 0.1) is 5.82 Å². The van der Waals surface area contributed by atoms with Gasteiger partial charge in [0.2, 0.25) is 0 Å². The van der Waals surface area contributed by atoms with Crippen molar-refractivity contribution in [1.82, 2.24) is 9.97 Å². The molecule has 0 bridgehead atoms. The Labute approximate surface area is 124 Å². The van der Waals surface area contributed by atoms with E-state index in [4.69, 9.17) is 16.7 Å². The van der Waals surface area contributed by atoms with Crippen LogP contribution >= 0.6 is 11.6 Å². The molecule has 0 aliphatic heterocycles. The summed E-state index contributed by atoms with van der Waals surface area (Å²) in [7, 11) is -4.00. The molecule has 0 unspecified atom stereocenters. The fourth-order valence-electron chi connectivity index (χ4n) is 1.56. The van der Waals surface area contributed by atoms with Gasteiger partial charge in [-0.15, -0.1) is 0 Å². The molecule has 0 saturated heterocycles. The lowest BCUT2D eigenvalue weighted by Crippen LogP contribution is -2.10. The van der Waals surface area contributed by atoms with Crippen molar-refractivity contribution in [3.8, 4) is 0 Å². The fourth-order valence-corrected chi connectivity index (χ4v) is 2.98. The van der Waals surface area contributed by atoms with Crippen LogP contribution in [0.15, 0.2) is 35.5 Å². The molecule has 9 heteroatoms. The molecule has 0 saturated carbocycles. The van der Waals surface area contributed by atoms with Crippen molar-refractivity contribution in [3.63, 3.8) is 0 Å². The summed E-state index contributed by atoms with van der Waals surface area (Å²) in [5.41, 5.74) is -0.621. The number of nitrogens with zero attached hydrogens (tertiary/aromatic N) is 2. The number of halogens is 2. The number of carboxylic acid groups (broad SMARTS) is 1. The number of benzene rings is 1. The largest absolute Gasteiger partial charge is 0.478 e. The molecule has 0 fully saturated rings. The van der Waals surface area contributed by atoms with E-state index in [-0.39, 0.29) is 5.82 Å². The summed E-state index contributed by atoms with van der Waals surface area (Å²) in [6.07, 6.45) is 2.73. The minimum absolute atomic E-state index is 0.0183. The van der Waals surface area contributed by atoms with Crippen LogP contribution in [-0.2, 0) is 15.6 Å². The number of hydrogen-bond donors (Lipinski definition) is 1. The summed E-state index contributed by atoms with van der Waals surface area (Å²) >= 11 is 5.50. The Kier molecular flexibility index (Phi) is 4.19. The van der Waals surface area contributed by atoms with E-state index in [1.165, 1.54) is 18.5 Å². The zero-order valence-corrected chi connectivity index (χ0v) is 11.9. The second-order valence-electron chi connectivity index (χ2n) is 4.00. The topological polar surface area (TPSA) is 97.2 Å². The number of carbonyl (C=O) groups is 1. The van der Waals surface area contributed by atoms with Crippen molar-refractivity contribution >= 4 is 27.4 Å². The number of hydrogen-bond acceptors (Lipinski definition) is 5. The second kappa shape index (κ2) is 5.74. The smallest absolute Gasteiger partial charge is 0.337 e. The Balaban J connectivity index is 2.48. The van der Waals surface area contributed by atoms with Gasteiger partial charge in [-0.25, -0.2) is 27.6 Å². The van der Waals surface area contributed by atoms with Crippen LogP contribution in [0.25, 0.3) is 0 Å². The van der Waals surface area contributed by atoms with Gasteiger partial charge in [0.15, 0.2) is 9.84 Å². The molecule has 6 nitrogen and oxygen atoms in total. The highest BCUT2D eigenvalue weighted by molar-refractivity contribution is 7.90. The number of rotatable bonds is 4. The van der Waals surface area contributed by atoms with Crippen molar-refractivity contribution in [2.24, 2.45) is 0 Å². The van der Waals surface area contributed by atoms with Crippen molar-refractivity contribution in [2.75, 3.05) is 0 Å². The molecule has 110 valence electrons. The molecular formula is C12H8ClFN2O4S. The first kappa shape index (κ1) is 15.3. The van der Waals surface area contributed by atoms with E-state index in [0.29, 0.717) is 6.07 Å². The maximum absolute atomic E-state index is 13.6. The van der Waals surface area contributed by atoms with Crippen molar-refractivity contribution in [3.05, 3.63) is 52.8 Å². The van der Waals surface area contributed by atoms with E-state index >= 15 is 0 Å². The number of aromatic nitrogens is 2. The van der Waals surface area contributed by atoms with Gasteiger partial charge in [0.1, 0.15) is 17.4 Å². The third kappa shape index (κ3) is 3.34. The molecule has 1 aromatic carbocycles. The van der Waals surface area contributed by atoms with Gasteiger partial charge in [-0.1, -0.05) is 11.6 Å². The van der Waals surface area contributed by atoms with Crippen LogP contribution in [0.3, 0.4) is 0 Å². The Morgan fingerprint density at radius 2 is 1.90 bits per heavy atom. The van der Waals surface area contributed by atoms with Gasteiger partial charge < -0.3 is 5.11 Å². The summed E-state index contributed by atoms with van der Waals surface area (Å²) in [6, 6.07) is 3.00. The van der Waals surface area contributed by atoms with Gasteiger partial charge in [-0.3, -0.25) is 0 Å². The minimum atomic E-state index is -4.00. The number of carboxylic acids is 1. The highest BCUT2D eigenvalue weighted by Gasteiger charge is 2.23. The average Bonchev–Trinajstić information content (AvgIpc) is 2.41. The van der Waals surface area contributed by atoms with E-state index in [1.54, 1.807) is 0 Å². The monoisotopic (exact) mass is 330 g/mol. The van der Waals surface area contributed by atoms with Crippen molar-refractivity contribution < 1.29 is 22.7 Å². The summed E-state index contributed by atoms with van der Waals surface area (Å²) < 4.78 is 37.9. The Morgan fingerprint density at radius 3 is 2.48 bits per heavy atom. The van der Waals surface area contributed by atoms with Crippen LogP contribution in [0.5, 0.6) is 0 Å². The molecule has 2 aromatic rings. The highest BCUT2D eigenvalue weighted by Crippen LogP contribution is 2.26. The molecule has 21 heavy (non-hydrogen) atoms. The van der Waals surface area contributed by atoms with Crippen molar-refractivity contribution in [2.45, 2.75) is 10.6 Å². The molecule has 0 atom stereocenters. The van der Waals surface area contributed by atoms with Gasteiger partial charge >= 0.3 is 5.97 Å². The van der Waals surface area contributed by atoms with Gasteiger partial charge in [0.25, 0.3) is 0 Å². The normalized spacial score (nSPS) is 11.3. The molecule has 1 aromatic heterocycles. The first-order chi connectivity index (χ1) is 9.81. The molecule has 0 spiro atoms. The molecule has 0 aliphatic rings. The quantitative estimate of drug-likeness (QED) is 0.920. The zero-order chi connectivity index (χ0) is 15.6. The molecule has 2 rings (SSSR count). The molecule has 1 N–H and O–H groups in total. The standard InChI is InChI=1S/C12H8ClFN2O4S/c13-11-8(12(17)18)4-7(5-9(11)14)21(19,20)6-10-15-2-1-3-16-10/h1-5H,6H2,(H,17,18). The first-order valence-electron chi connectivity index (χ1n) is 5.52. The van der Waals surface area contributed by atoms with Gasteiger partial charge in [0, 0.05) is 12.4 Å². The predicted molar refractivity (Wildman–Crippen MR) is 71.3 cm³/mol. The molecule has 0 radical (unpaired) electrons. The van der Waals surface area contributed by atoms with Crippen LogP contribution in [0.2, 0.25) is 5.02 Å². The van der Waals surface area contributed by atoms with E-state index in [2.05, 4.69) is 9.97 Å². The van der Waals surface area contributed by atoms with Crippen LogP contribution in [0.4, 0.5) is 4.39 Å². The first-order valence-corrected chi connectivity index (χ1v) is 7.55. The number of aromatic carboxylic acids is 1.